The van der Waals surface area contributed by atoms with Crippen molar-refractivity contribution in [2.45, 2.75) is 130 Å². The molecule has 2 aliphatic carbocycles. The summed E-state index contributed by atoms with van der Waals surface area (Å²) in [7, 11) is 0. The third-order valence-electron chi connectivity index (χ3n) is 12.3. The van der Waals surface area contributed by atoms with Gasteiger partial charge in [-0.15, -0.1) is 26.3 Å². The first-order valence-corrected chi connectivity index (χ1v) is 26.9. The van der Waals surface area contributed by atoms with Crippen LogP contribution in [-0.4, -0.2) is 96.3 Å². The molecule has 0 spiro atoms. The van der Waals surface area contributed by atoms with Gasteiger partial charge < -0.3 is 41.4 Å². The molecule has 1 aliphatic heterocycles. The van der Waals surface area contributed by atoms with E-state index >= 15 is 0 Å². The van der Waals surface area contributed by atoms with Gasteiger partial charge in [-0.1, -0.05) is 69.9 Å². The topological polar surface area (TPSA) is 234 Å². The van der Waals surface area contributed by atoms with Gasteiger partial charge in [0, 0.05) is 70.1 Å². The van der Waals surface area contributed by atoms with Crippen molar-refractivity contribution in [3.8, 4) is 11.5 Å². The summed E-state index contributed by atoms with van der Waals surface area (Å²) < 4.78 is 84.1. The van der Waals surface area contributed by atoms with Crippen LogP contribution in [0.1, 0.15) is 103 Å². The summed E-state index contributed by atoms with van der Waals surface area (Å²) in [5.41, 5.74) is 5.58. The zero-order valence-electron chi connectivity index (χ0n) is 40.0. The molecule has 3 aliphatic rings. The van der Waals surface area contributed by atoms with Crippen molar-refractivity contribution in [2.24, 2.45) is 17.6 Å². The molecular weight excluding hydrogens is 1190 g/mol. The van der Waals surface area contributed by atoms with Gasteiger partial charge >= 0.3 is 24.1 Å². The average Bonchev–Trinajstić information content (AvgIpc) is 3.90. The molecule has 7 rings (SSSR count). The lowest BCUT2D eigenvalue weighted by atomic mass is 9.85. The Morgan fingerprint density at radius 3 is 1.42 bits per heavy atom. The summed E-state index contributed by atoms with van der Waals surface area (Å²) in [5.74, 6) is -0.0234. The number of hydrogen-bond acceptors (Lipinski definition) is 16. The van der Waals surface area contributed by atoms with Crippen molar-refractivity contribution < 1.29 is 45.7 Å². The number of nitrogens with one attached hydrogen (secondary N) is 4. The summed E-state index contributed by atoms with van der Waals surface area (Å²) in [5, 5.41) is 37.2. The SMILES string of the molecule is BrCCCCBr.C.C.NC1CCC(CNc2nc(NCc3cc(Cl)ccc3OC(F)(F)F)ncc2[N+](=O)[O-])CC1.O=[N+]([O-])c1cnc(NCc2cc(Cl)ccc2OC(F)(F)F)nc1NCC1CCC(N2CCCC2)CC1. The Bertz CT molecular complexity index is 2420. The van der Waals surface area contributed by atoms with Gasteiger partial charge in [-0.3, -0.25) is 20.2 Å². The molecule has 2 aromatic carbocycles. The van der Waals surface area contributed by atoms with E-state index in [1.807, 2.05) is 0 Å². The number of nitrogens with two attached hydrogens (primary N) is 1. The smallest absolute Gasteiger partial charge is 0.405 e. The number of halogens is 10. The van der Waals surface area contributed by atoms with E-state index in [0.29, 0.717) is 31.0 Å². The molecule has 2 saturated carbocycles. The fraction of sp³-hybridized carbons (Fsp3) is 0.583. The van der Waals surface area contributed by atoms with Gasteiger partial charge in [0.2, 0.25) is 23.5 Å². The van der Waals surface area contributed by atoms with Crippen molar-refractivity contribution in [2.75, 3.05) is 58.1 Å². The van der Waals surface area contributed by atoms with E-state index in [2.05, 4.69) is 87.4 Å². The van der Waals surface area contributed by atoms with E-state index in [9.17, 15) is 46.6 Å². The second-order valence-electron chi connectivity index (χ2n) is 17.7. The molecule has 6 N–H and O–H groups in total. The second kappa shape index (κ2) is 32.2. The molecule has 0 bridgehead atoms. The third kappa shape index (κ3) is 22.7. The zero-order valence-corrected chi connectivity index (χ0v) is 44.7. The molecule has 2 aromatic heterocycles. The maximum absolute atomic E-state index is 12.7. The Morgan fingerprint density at radius 2 is 1.05 bits per heavy atom. The number of nitrogens with zero attached hydrogens (tertiary/aromatic N) is 7. The monoisotopic (exact) mass is 1250 g/mol. The number of benzene rings is 2. The van der Waals surface area contributed by atoms with E-state index in [0.717, 1.165) is 86.6 Å². The highest BCUT2D eigenvalue weighted by Crippen LogP contribution is 2.34. The number of aromatic nitrogens is 4. The Hall–Kier alpha value is -4.76. The number of rotatable bonds is 20. The molecule has 18 nitrogen and oxygen atoms in total. The molecule has 76 heavy (non-hydrogen) atoms. The molecule has 3 heterocycles. The lowest BCUT2D eigenvalue weighted by Crippen LogP contribution is -2.37. The zero-order chi connectivity index (χ0) is 53.8. The third-order valence-corrected chi connectivity index (χ3v) is 13.9. The van der Waals surface area contributed by atoms with E-state index < -0.39 is 34.1 Å². The number of hydrogen-bond donors (Lipinski definition) is 5. The summed E-state index contributed by atoms with van der Waals surface area (Å²) in [6.07, 6.45) is 5.41. The van der Waals surface area contributed by atoms with Crippen LogP contribution >= 0.6 is 55.1 Å². The van der Waals surface area contributed by atoms with Crippen molar-refractivity contribution >= 4 is 90.0 Å². The van der Waals surface area contributed by atoms with Gasteiger partial charge in [0.15, 0.2) is 0 Å². The lowest BCUT2D eigenvalue weighted by molar-refractivity contribution is -0.384. The predicted octanol–water partition coefficient (Wildman–Crippen LogP) is 13.9. The van der Waals surface area contributed by atoms with Gasteiger partial charge in [0.05, 0.1) is 9.85 Å². The van der Waals surface area contributed by atoms with E-state index in [4.69, 9.17) is 28.9 Å². The maximum Gasteiger partial charge on any atom is 0.573 e. The largest absolute Gasteiger partial charge is 0.573 e. The fourth-order valence-corrected chi connectivity index (χ4v) is 9.68. The Morgan fingerprint density at radius 1 is 0.658 bits per heavy atom. The molecular formula is C48H66Br2Cl2F6N12O6. The van der Waals surface area contributed by atoms with Crippen LogP contribution in [0.5, 0.6) is 11.5 Å². The minimum absolute atomic E-state index is 0. The molecule has 0 atom stereocenters. The van der Waals surface area contributed by atoms with Crippen LogP contribution in [0.25, 0.3) is 0 Å². The van der Waals surface area contributed by atoms with Crippen molar-refractivity contribution in [3.05, 3.63) is 90.2 Å². The van der Waals surface area contributed by atoms with Gasteiger partial charge in [-0.05, 0) is 138 Å². The molecule has 0 radical (unpaired) electrons. The quantitative estimate of drug-likeness (QED) is 0.0182. The molecule has 28 heteroatoms. The molecule has 1 saturated heterocycles. The van der Waals surface area contributed by atoms with Gasteiger partial charge in [0.25, 0.3) is 0 Å². The van der Waals surface area contributed by atoms with Crippen LogP contribution in [0.15, 0.2) is 48.8 Å². The van der Waals surface area contributed by atoms with Crippen LogP contribution in [0.4, 0.5) is 61.2 Å². The van der Waals surface area contributed by atoms with Gasteiger partial charge in [0.1, 0.15) is 23.9 Å². The van der Waals surface area contributed by atoms with E-state index in [1.54, 1.807) is 0 Å². The Balaban J connectivity index is 0.000000355. The van der Waals surface area contributed by atoms with Crippen LogP contribution in [0.2, 0.25) is 10.0 Å². The molecule has 0 unspecified atom stereocenters. The van der Waals surface area contributed by atoms with Crippen molar-refractivity contribution in [3.63, 3.8) is 0 Å². The minimum atomic E-state index is -4.87. The standard InChI is InChI=1S/C23H28ClF3N6O3.C19H22ClF3N6O3.C4H8Br2.2CH4/c24-17-5-8-20(36-23(25,26)27)16(11-17)13-29-22-30-14-19(33(34)35)21(31-22)28-12-15-3-6-18(7-4-15)32-9-1-2-10-32;20-13-3-6-16(32-19(21,22)23)12(7-13)9-26-18-27-10-15(29(30)31)17(28-18)25-8-11-1-4-14(24)5-2-11;5-3-1-2-4-6;;/h5,8,11,14-15,18H,1-4,6-7,9-10,12-13H2,(H2,28,29,30,31);3,6-7,10-11,14H,1-2,4-5,8-9,24H2,(H2,25,26,27,28);1-4H2;2*1H4. The minimum Gasteiger partial charge on any atom is -0.405 e. The highest BCUT2D eigenvalue weighted by Gasteiger charge is 2.34. The second-order valence-corrected chi connectivity index (χ2v) is 20.2. The number of likely N-dealkylation sites (tertiary alicyclic amines) is 1. The highest BCUT2D eigenvalue weighted by molar-refractivity contribution is 9.09. The Kier molecular flexibility index (Phi) is 27.8. The normalized spacial score (nSPS) is 18.5. The van der Waals surface area contributed by atoms with E-state index in [-0.39, 0.29) is 90.1 Å². The molecule has 424 valence electrons. The van der Waals surface area contributed by atoms with Crippen LogP contribution in [0, 0.1) is 32.1 Å². The average molecular weight is 1250 g/mol. The molecule has 4 aromatic rings. The van der Waals surface area contributed by atoms with Crippen LogP contribution in [-0.2, 0) is 13.1 Å². The van der Waals surface area contributed by atoms with Gasteiger partial charge in [-0.25, -0.2) is 9.97 Å². The predicted molar refractivity (Wildman–Crippen MR) is 292 cm³/mol. The lowest BCUT2D eigenvalue weighted by Gasteiger charge is -2.34. The van der Waals surface area contributed by atoms with Crippen LogP contribution < -0.4 is 36.5 Å². The molecule has 3 fully saturated rings. The fourth-order valence-electron chi connectivity index (χ4n) is 8.50. The molecule has 0 amide bonds. The summed E-state index contributed by atoms with van der Waals surface area (Å²) in [6, 6.07) is 8.25. The Labute approximate surface area is 465 Å². The number of anilines is 4. The van der Waals surface area contributed by atoms with E-state index in [1.165, 1.54) is 63.0 Å². The summed E-state index contributed by atoms with van der Waals surface area (Å²) in [6.45, 7) is 3.10. The first-order chi connectivity index (χ1) is 35.2. The van der Waals surface area contributed by atoms with Crippen LogP contribution in [0.3, 0.4) is 0 Å². The van der Waals surface area contributed by atoms with Crippen molar-refractivity contribution in [1.82, 2.24) is 24.8 Å². The van der Waals surface area contributed by atoms with Gasteiger partial charge in [-0.2, -0.15) is 9.97 Å². The summed E-state index contributed by atoms with van der Waals surface area (Å²) >= 11 is 18.5. The van der Waals surface area contributed by atoms with Crippen molar-refractivity contribution in [1.29, 1.82) is 0 Å². The number of alkyl halides is 8. The maximum atomic E-state index is 12.7. The summed E-state index contributed by atoms with van der Waals surface area (Å²) in [4.78, 5) is 40.4. The first-order valence-electron chi connectivity index (χ1n) is 23.9. The number of nitro groups is 2. The number of unbranched alkanes of at least 4 members (excludes halogenated alkanes) is 1. The number of ether oxygens (including phenoxy) is 2. The highest BCUT2D eigenvalue weighted by atomic mass is 79.9. The first kappa shape index (κ1) is 65.5.